The van der Waals surface area contributed by atoms with Crippen LogP contribution in [0.2, 0.25) is 0 Å². The molecule has 0 spiro atoms. The molecule has 0 aliphatic carbocycles. The molecule has 1 saturated heterocycles. The van der Waals surface area contributed by atoms with E-state index in [2.05, 4.69) is 0 Å². The summed E-state index contributed by atoms with van der Waals surface area (Å²) >= 11 is 0. The van der Waals surface area contributed by atoms with Gasteiger partial charge in [-0.15, -0.1) is 0 Å². The van der Waals surface area contributed by atoms with Gasteiger partial charge in [0, 0.05) is 25.6 Å². The van der Waals surface area contributed by atoms with Crippen LogP contribution in [0.5, 0.6) is 0 Å². The Morgan fingerprint density at radius 1 is 1.38 bits per heavy atom. The molecule has 2 unspecified atom stereocenters. The zero-order valence-corrected chi connectivity index (χ0v) is 13.1. The molecular formula is C17H25NO3. The molecule has 0 aromatic heterocycles. The maximum Gasteiger partial charge on any atom is 0.256 e. The summed E-state index contributed by atoms with van der Waals surface area (Å²) in [5, 5.41) is 9.24. The number of hydrogen-bond acceptors (Lipinski definition) is 3. The molecule has 1 fully saturated rings. The van der Waals surface area contributed by atoms with E-state index in [4.69, 9.17) is 4.74 Å². The smallest absolute Gasteiger partial charge is 0.256 e. The van der Waals surface area contributed by atoms with Gasteiger partial charge >= 0.3 is 0 Å². The van der Waals surface area contributed by atoms with E-state index in [0.29, 0.717) is 13.1 Å². The SMILES string of the molecule is CC(C)(C)OC(C(=O)N1CCC(CO)C1)c1ccccc1. The Kier molecular flexibility index (Phi) is 5.01. The fraction of sp³-hybridized carbons (Fsp3) is 0.588. The maximum atomic E-state index is 12.8. The van der Waals surface area contributed by atoms with Crippen LogP contribution in [0.15, 0.2) is 30.3 Å². The Labute approximate surface area is 126 Å². The first-order valence-electron chi connectivity index (χ1n) is 7.53. The molecule has 116 valence electrons. The van der Waals surface area contributed by atoms with Crippen LogP contribution in [0.4, 0.5) is 0 Å². The summed E-state index contributed by atoms with van der Waals surface area (Å²) in [7, 11) is 0. The fourth-order valence-electron chi connectivity index (χ4n) is 2.59. The molecule has 0 radical (unpaired) electrons. The highest BCUT2D eigenvalue weighted by molar-refractivity contribution is 5.82. The first kappa shape index (κ1) is 16.0. The van der Waals surface area contributed by atoms with Gasteiger partial charge < -0.3 is 14.7 Å². The van der Waals surface area contributed by atoms with Crippen molar-refractivity contribution in [2.75, 3.05) is 19.7 Å². The molecule has 4 nitrogen and oxygen atoms in total. The number of benzene rings is 1. The van der Waals surface area contributed by atoms with Gasteiger partial charge in [-0.2, -0.15) is 0 Å². The minimum absolute atomic E-state index is 0.00734. The second kappa shape index (κ2) is 6.58. The predicted octanol–water partition coefficient (Wildman–Crippen LogP) is 2.38. The lowest BCUT2D eigenvalue weighted by atomic mass is 10.1. The molecule has 1 aromatic carbocycles. The Bertz CT molecular complexity index is 467. The van der Waals surface area contributed by atoms with Crippen molar-refractivity contribution in [1.29, 1.82) is 0 Å². The van der Waals surface area contributed by atoms with Crippen molar-refractivity contribution in [2.45, 2.75) is 38.9 Å². The van der Waals surface area contributed by atoms with Gasteiger partial charge in [0.05, 0.1) is 5.60 Å². The molecule has 21 heavy (non-hydrogen) atoms. The number of carbonyl (C=O) groups excluding carboxylic acids is 1. The van der Waals surface area contributed by atoms with Crippen LogP contribution >= 0.6 is 0 Å². The van der Waals surface area contributed by atoms with E-state index in [9.17, 15) is 9.90 Å². The minimum atomic E-state index is -0.580. The van der Waals surface area contributed by atoms with Crippen LogP contribution in [0.1, 0.15) is 38.9 Å². The molecule has 1 amide bonds. The van der Waals surface area contributed by atoms with Gasteiger partial charge in [-0.25, -0.2) is 0 Å². The fourth-order valence-corrected chi connectivity index (χ4v) is 2.59. The molecule has 1 N–H and O–H groups in total. The van der Waals surface area contributed by atoms with Gasteiger partial charge in [0.1, 0.15) is 0 Å². The van der Waals surface area contributed by atoms with Gasteiger partial charge in [0.25, 0.3) is 5.91 Å². The van der Waals surface area contributed by atoms with Crippen molar-refractivity contribution >= 4 is 5.91 Å². The lowest BCUT2D eigenvalue weighted by Crippen LogP contribution is -2.37. The average Bonchev–Trinajstić information content (AvgIpc) is 2.93. The molecule has 1 aliphatic rings. The van der Waals surface area contributed by atoms with Gasteiger partial charge in [0.15, 0.2) is 6.10 Å². The summed E-state index contributed by atoms with van der Waals surface area (Å²) in [5.74, 6) is 0.187. The van der Waals surface area contributed by atoms with E-state index >= 15 is 0 Å². The van der Waals surface area contributed by atoms with Crippen molar-refractivity contribution in [3.8, 4) is 0 Å². The molecule has 4 heteroatoms. The Balaban J connectivity index is 2.17. The number of ether oxygens (including phenoxy) is 1. The monoisotopic (exact) mass is 291 g/mol. The number of amides is 1. The quantitative estimate of drug-likeness (QED) is 0.926. The summed E-state index contributed by atoms with van der Waals surface area (Å²) in [6, 6.07) is 9.62. The van der Waals surface area contributed by atoms with Crippen molar-refractivity contribution in [2.24, 2.45) is 5.92 Å². The molecule has 1 heterocycles. The third kappa shape index (κ3) is 4.29. The van der Waals surface area contributed by atoms with E-state index in [0.717, 1.165) is 12.0 Å². The highest BCUT2D eigenvalue weighted by Crippen LogP contribution is 2.28. The molecule has 0 bridgehead atoms. The molecule has 1 aromatic rings. The molecule has 0 saturated carbocycles. The summed E-state index contributed by atoms with van der Waals surface area (Å²) in [4.78, 5) is 14.6. The number of hydrogen-bond donors (Lipinski definition) is 1. The van der Waals surface area contributed by atoms with Crippen LogP contribution in [-0.4, -0.2) is 41.2 Å². The maximum absolute atomic E-state index is 12.8. The molecule has 2 rings (SSSR count). The Hall–Kier alpha value is -1.39. The van der Waals surface area contributed by atoms with Gasteiger partial charge in [-0.1, -0.05) is 30.3 Å². The first-order valence-corrected chi connectivity index (χ1v) is 7.53. The highest BCUT2D eigenvalue weighted by atomic mass is 16.5. The molecule has 2 atom stereocenters. The third-order valence-electron chi connectivity index (χ3n) is 3.65. The lowest BCUT2D eigenvalue weighted by Gasteiger charge is -2.30. The predicted molar refractivity (Wildman–Crippen MR) is 81.8 cm³/mol. The standard InChI is InChI=1S/C17H25NO3/c1-17(2,3)21-15(14-7-5-4-6-8-14)16(20)18-10-9-13(11-18)12-19/h4-8,13,15,19H,9-12H2,1-3H3. The second-order valence-corrected chi connectivity index (χ2v) is 6.64. The summed E-state index contributed by atoms with van der Waals surface area (Å²) < 4.78 is 6.01. The number of carbonyl (C=O) groups is 1. The van der Waals surface area contributed by atoms with Gasteiger partial charge in [-0.05, 0) is 32.8 Å². The number of rotatable bonds is 4. The Morgan fingerprint density at radius 3 is 2.57 bits per heavy atom. The van der Waals surface area contributed by atoms with Crippen LogP contribution < -0.4 is 0 Å². The zero-order chi connectivity index (χ0) is 15.5. The summed E-state index contributed by atoms with van der Waals surface area (Å²) in [5.41, 5.74) is 0.483. The normalized spacial score (nSPS) is 20.6. The minimum Gasteiger partial charge on any atom is -0.396 e. The van der Waals surface area contributed by atoms with Gasteiger partial charge in [-0.3, -0.25) is 4.79 Å². The van der Waals surface area contributed by atoms with E-state index in [1.165, 1.54) is 0 Å². The number of aliphatic hydroxyl groups is 1. The van der Waals surface area contributed by atoms with E-state index < -0.39 is 11.7 Å². The number of nitrogens with zero attached hydrogens (tertiary/aromatic N) is 1. The summed E-state index contributed by atoms with van der Waals surface area (Å²) in [6.07, 6.45) is 0.280. The first-order chi connectivity index (χ1) is 9.90. The van der Waals surface area contributed by atoms with E-state index in [1.54, 1.807) is 0 Å². The summed E-state index contributed by atoms with van der Waals surface area (Å²) in [6.45, 7) is 7.32. The van der Waals surface area contributed by atoms with Crippen molar-refractivity contribution in [1.82, 2.24) is 4.90 Å². The molecular weight excluding hydrogens is 266 g/mol. The van der Waals surface area contributed by atoms with Gasteiger partial charge in [0.2, 0.25) is 0 Å². The van der Waals surface area contributed by atoms with E-state index in [-0.39, 0.29) is 18.4 Å². The lowest BCUT2D eigenvalue weighted by molar-refractivity contribution is -0.153. The van der Waals surface area contributed by atoms with E-state index in [1.807, 2.05) is 56.0 Å². The second-order valence-electron chi connectivity index (χ2n) is 6.64. The topological polar surface area (TPSA) is 49.8 Å². The Morgan fingerprint density at radius 2 is 2.05 bits per heavy atom. The van der Waals surface area contributed by atoms with Crippen LogP contribution in [0.25, 0.3) is 0 Å². The van der Waals surface area contributed by atoms with Crippen molar-refractivity contribution < 1.29 is 14.6 Å². The third-order valence-corrected chi connectivity index (χ3v) is 3.65. The van der Waals surface area contributed by atoms with Crippen molar-refractivity contribution in [3.63, 3.8) is 0 Å². The van der Waals surface area contributed by atoms with Crippen LogP contribution in [-0.2, 0) is 9.53 Å². The zero-order valence-electron chi connectivity index (χ0n) is 13.1. The largest absolute Gasteiger partial charge is 0.396 e. The number of likely N-dealkylation sites (tertiary alicyclic amines) is 1. The van der Waals surface area contributed by atoms with Crippen molar-refractivity contribution in [3.05, 3.63) is 35.9 Å². The highest BCUT2D eigenvalue weighted by Gasteiger charge is 2.34. The van der Waals surface area contributed by atoms with Crippen LogP contribution in [0.3, 0.4) is 0 Å². The average molecular weight is 291 g/mol. The van der Waals surface area contributed by atoms with Crippen LogP contribution in [0, 0.1) is 5.92 Å². The molecule has 1 aliphatic heterocycles. The number of aliphatic hydroxyl groups excluding tert-OH is 1.